The van der Waals surface area contributed by atoms with Gasteiger partial charge in [0.25, 0.3) is 0 Å². The number of rotatable bonds is 12. The number of benzene rings is 1. The Morgan fingerprint density at radius 1 is 1.06 bits per heavy atom. The molecule has 8 heteroatoms. The topological polar surface area (TPSA) is 92.3 Å². The summed E-state index contributed by atoms with van der Waals surface area (Å²) in [6.45, 7) is 10.9. The number of hydrogen-bond donors (Lipinski definition) is 1. The van der Waals surface area contributed by atoms with E-state index in [1.54, 1.807) is 12.2 Å². The van der Waals surface area contributed by atoms with Crippen LogP contribution in [0.4, 0.5) is 0 Å². The summed E-state index contributed by atoms with van der Waals surface area (Å²) in [6, 6.07) is 8.93. The van der Waals surface area contributed by atoms with Gasteiger partial charge in [-0.1, -0.05) is 42.5 Å². The molecule has 1 amide bonds. The Hall–Kier alpha value is -2.52. The number of esters is 1. The Morgan fingerprint density at radius 2 is 1.74 bits per heavy atom. The molecular weight excluding hydrogens is 402 g/mol. The van der Waals surface area contributed by atoms with E-state index < -0.39 is 36.6 Å². The van der Waals surface area contributed by atoms with Crippen LogP contribution in [0.2, 0.25) is 0 Å². The Labute approximate surface area is 183 Å². The summed E-state index contributed by atoms with van der Waals surface area (Å²) >= 11 is 0. The lowest BCUT2D eigenvalue weighted by Gasteiger charge is -2.45. The van der Waals surface area contributed by atoms with Gasteiger partial charge in [-0.25, -0.2) is 0 Å². The molecule has 1 N–H and O–H groups in total. The zero-order chi connectivity index (χ0) is 22.6. The molecule has 2 rings (SSSR count). The van der Waals surface area contributed by atoms with Crippen molar-refractivity contribution in [1.29, 1.82) is 0 Å². The largest absolute Gasteiger partial charge is 0.457 e. The number of nitrogens with one attached hydrogen (secondary N) is 1. The fraction of sp³-hybridized carbons (Fsp3) is 0.478. The number of carbonyl (C=O) groups is 2. The highest BCUT2D eigenvalue weighted by atomic mass is 16.7. The van der Waals surface area contributed by atoms with Crippen LogP contribution in [0.3, 0.4) is 0 Å². The Bertz CT molecular complexity index is 724. The maximum Gasteiger partial charge on any atom is 0.303 e. The third-order valence-corrected chi connectivity index (χ3v) is 4.50. The van der Waals surface area contributed by atoms with E-state index >= 15 is 0 Å². The summed E-state index contributed by atoms with van der Waals surface area (Å²) in [5.74, 6) is -0.833. The molecule has 8 nitrogen and oxygen atoms in total. The van der Waals surface area contributed by atoms with Gasteiger partial charge in [-0.15, -0.1) is 13.2 Å². The van der Waals surface area contributed by atoms with Crippen LogP contribution >= 0.6 is 0 Å². The van der Waals surface area contributed by atoms with Gasteiger partial charge < -0.3 is 29.0 Å². The monoisotopic (exact) mass is 433 g/mol. The fourth-order valence-electron chi connectivity index (χ4n) is 3.31. The predicted octanol–water partition coefficient (Wildman–Crippen LogP) is 2.14. The number of hydrogen-bond acceptors (Lipinski definition) is 7. The average molecular weight is 434 g/mol. The van der Waals surface area contributed by atoms with Crippen molar-refractivity contribution in [3.8, 4) is 0 Å². The van der Waals surface area contributed by atoms with E-state index in [9.17, 15) is 9.59 Å². The summed E-state index contributed by atoms with van der Waals surface area (Å²) < 4.78 is 29.1. The van der Waals surface area contributed by atoms with E-state index in [-0.39, 0.29) is 25.7 Å². The molecule has 31 heavy (non-hydrogen) atoms. The minimum atomic E-state index is -0.889. The maximum atomic E-state index is 11.8. The van der Waals surface area contributed by atoms with Gasteiger partial charge in [0, 0.05) is 13.8 Å². The summed E-state index contributed by atoms with van der Waals surface area (Å²) in [4.78, 5) is 23.7. The molecule has 1 heterocycles. The number of amides is 1. The van der Waals surface area contributed by atoms with Crippen LogP contribution in [-0.2, 0) is 39.9 Å². The van der Waals surface area contributed by atoms with Crippen molar-refractivity contribution in [3.05, 3.63) is 61.2 Å². The first kappa shape index (κ1) is 24.7. The van der Waals surface area contributed by atoms with Crippen molar-refractivity contribution in [2.24, 2.45) is 0 Å². The second kappa shape index (κ2) is 13.0. The molecule has 0 aromatic heterocycles. The van der Waals surface area contributed by atoms with Gasteiger partial charge in [-0.05, 0) is 5.56 Å². The highest BCUT2D eigenvalue weighted by molar-refractivity contribution is 5.73. The van der Waals surface area contributed by atoms with Crippen LogP contribution < -0.4 is 5.32 Å². The van der Waals surface area contributed by atoms with Crippen LogP contribution in [0.25, 0.3) is 0 Å². The van der Waals surface area contributed by atoms with Gasteiger partial charge >= 0.3 is 5.97 Å². The third-order valence-electron chi connectivity index (χ3n) is 4.50. The standard InChI is InChI=1S/C23H31NO7/c1-5-12-28-21-19(15-27-14-18-10-8-7-9-11-18)31-23(29-13-6-2)20(24-16(3)25)22(21)30-17(4)26/h5-11,19-23H,1-2,12-15H2,3-4H3,(H,24,25)/t19-,20+,21-,22-,23+/m1/s1. The molecule has 5 atom stereocenters. The first-order valence-electron chi connectivity index (χ1n) is 10.1. The predicted molar refractivity (Wildman–Crippen MR) is 114 cm³/mol. The Balaban J connectivity index is 2.24. The second-order valence-electron chi connectivity index (χ2n) is 7.05. The summed E-state index contributed by atoms with van der Waals surface area (Å²) in [6.07, 6.45) is 0.0813. The maximum absolute atomic E-state index is 11.8. The smallest absolute Gasteiger partial charge is 0.303 e. The lowest BCUT2D eigenvalue weighted by atomic mass is 9.96. The van der Waals surface area contributed by atoms with Crippen molar-refractivity contribution in [1.82, 2.24) is 5.32 Å². The zero-order valence-electron chi connectivity index (χ0n) is 18.0. The average Bonchev–Trinajstić information content (AvgIpc) is 2.73. The van der Waals surface area contributed by atoms with Crippen molar-refractivity contribution in [3.63, 3.8) is 0 Å². The molecule has 0 aliphatic carbocycles. The van der Waals surface area contributed by atoms with E-state index in [0.717, 1.165) is 5.56 Å². The highest BCUT2D eigenvalue weighted by Gasteiger charge is 2.49. The lowest BCUT2D eigenvalue weighted by molar-refractivity contribution is -0.279. The molecular formula is C23H31NO7. The summed E-state index contributed by atoms with van der Waals surface area (Å²) in [5, 5.41) is 2.76. The van der Waals surface area contributed by atoms with Crippen LogP contribution in [-0.4, -0.2) is 62.3 Å². The highest BCUT2D eigenvalue weighted by Crippen LogP contribution is 2.28. The molecule has 170 valence electrons. The van der Waals surface area contributed by atoms with Gasteiger partial charge in [-0.3, -0.25) is 9.59 Å². The molecule has 1 aliphatic rings. The van der Waals surface area contributed by atoms with Gasteiger partial charge in [0.05, 0.1) is 26.4 Å². The minimum Gasteiger partial charge on any atom is -0.457 e. The first-order valence-corrected chi connectivity index (χ1v) is 10.1. The molecule has 1 aromatic carbocycles. The normalized spacial score (nSPS) is 25.4. The molecule has 1 aliphatic heterocycles. The molecule has 0 spiro atoms. The van der Waals surface area contributed by atoms with Crippen LogP contribution in [0, 0.1) is 0 Å². The van der Waals surface area contributed by atoms with Gasteiger partial charge in [-0.2, -0.15) is 0 Å². The van der Waals surface area contributed by atoms with Crippen LogP contribution in [0.5, 0.6) is 0 Å². The number of ether oxygens (including phenoxy) is 5. The van der Waals surface area contributed by atoms with E-state index in [1.807, 2.05) is 30.3 Å². The SMILES string of the molecule is C=CCO[C@H]1O[C@H](COCc2ccccc2)[C@@H](OCC=C)[C@H](OC(C)=O)[C@@H]1NC(C)=O. The first-order chi connectivity index (χ1) is 15.0. The summed E-state index contributed by atoms with van der Waals surface area (Å²) in [5.41, 5.74) is 1.01. The van der Waals surface area contributed by atoms with Crippen molar-refractivity contribution in [2.45, 2.75) is 51.1 Å². The van der Waals surface area contributed by atoms with Gasteiger partial charge in [0.2, 0.25) is 5.91 Å². The molecule has 0 bridgehead atoms. The van der Waals surface area contributed by atoms with E-state index in [1.165, 1.54) is 13.8 Å². The van der Waals surface area contributed by atoms with Crippen molar-refractivity contribution >= 4 is 11.9 Å². The lowest BCUT2D eigenvalue weighted by Crippen LogP contribution is -2.66. The Kier molecular flexibility index (Phi) is 10.4. The van der Waals surface area contributed by atoms with Gasteiger partial charge in [0.15, 0.2) is 12.4 Å². The van der Waals surface area contributed by atoms with Crippen LogP contribution in [0.1, 0.15) is 19.4 Å². The second-order valence-corrected chi connectivity index (χ2v) is 7.05. The molecule has 0 saturated carbocycles. The van der Waals surface area contributed by atoms with E-state index in [4.69, 9.17) is 23.7 Å². The quantitative estimate of drug-likeness (QED) is 0.399. The summed E-state index contributed by atoms with van der Waals surface area (Å²) in [7, 11) is 0. The molecule has 0 unspecified atom stereocenters. The zero-order valence-corrected chi connectivity index (χ0v) is 18.0. The minimum absolute atomic E-state index is 0.162. The third kappa shape index (κ3) is 7.91. The van der Waals surface area contributed by atoms with E-state index in [2.05, 4.69) is 18.5 Å². The van der Waals surface area contributed by atoms with Crippen molar-refractivity contribution < 1.29 is 33.3 Å². The molecule has 1 aromatic rings. The van der Waals surface area contributed by atoms with Gasteiger partial charge in [0.1, 0.15) is 18.2 Å². The molecule has 1 saturated heterocycles. The van der Waals surface area contributed by atoms with Crippen molar-refractivity contribution in [2.75, 3.05) is 19.8 Å². The van der Waals surface area contributed by atoms with E-state index in [0.29, 0.717) is 6.61 Å². The van der Waals surface area contributed by atoms with Crippen LogP contribution in [0.15, 0.2) is 55.6 Å². The fourth-order valence-corrected chi connectivity index (χ4v) is 3.31. The molecule has 1 fully saturated rings. The molecule has 0 radical (unpaired) electrons. The Morgan fingerprint density at radius 3 is 2.35 bits per heavy atom. The number of carbonyl (C=O) groups excluding carboxylic acids is 2.